The number of aromatic nitrogens is 3. The monoisotopic (exact) mass is 461 g/mol. The summed E-state index contributed by atoms with van der Waals surface area (Å²) in [6, 6.07) is 11.1. The number of carbonyl (C=O) groups excluding carboxylic acids is 1. The van der Waals surface area contributed by atoms with Gasteiger partial charge < -0.3 is 11.1 Å². The van der Waals surface area contributed by atoms with Gasteiger partial charge in [-0.05, 0) is 42.8 Å². The summed E-state index contributed by atoms with van der Waals surface area (Å²) in [5, 5.41) is 7.10. The first-order valence-electron chi connectivity index (χ1n) is 9.78. The first-order valence-corrected chi connectivity index (χ1v) is 11.0. The van der Waals surface area contributed by atoms with Gasteiger partial charge in [0.15, 0.2) is 0 Å². The van der Waals surface area contributed by atoms with E-state index >= 15 is 0 Å². The van der Waals surface area contributed by atoms with E-state index in [1.165, 1.54) is 11.3 Å². The predicted molar refractivity (Wildman–Crippen MR) is 129 cm³/mol. The average Bonchev–Trinajstić information content (AvgIpc) is 3.40. The molecule has 0 spiro atoms. The van der Waals surface area contributed by atoms with E-state index in [0.29, 0.717) is 27.8 Å². The molecule has 0 radical (unpaired) electrons. The van der Waals surface area contributed by atoms with Crippen molar-refractivity contribution in [3.05, 3.63) is 86.5 Å². The maximum absolute atomic E-state index is 12.6. The lowest BCUT2D eigenvalue weighted by Gasteiger charge is -2.06. The Morgan fingerprint density at radius 3 is 2.69 bits per heavy atom. The third-order valence-electron chi connectivity index (χ3n) is 4.84. The quantitative estimate of drug-likeness (QED) is 0.440. The lowest BCUT2D eigenvalue weighted by Crippen LogP contribution is -2.22. The van der Waals surface area contributed by atoms with Gasteiger partial charge in [-0.15, -0.1) is 11.3 Å². The molecule has 0 saturated heterocycles. The van der Waals surface area contributed by atoms with Gasteiger partial charge in [-0.3, -0.25) is 9.48 Å². The smallest absolute Gasteiger partial charge is 0.251 e. The molecular weight excluding hydrogens is 442 g/mol. The number of halogens is 1. The molecule has 8 heteroatoms. The van der Waals surface area contributed by atoms with E-state index in [1.807, 2.05) is 44.4 Å². The zero-order chi connectivity index (χ0) is 22.7. The van der Waals surface area contributed by atoms with Gasteiger partial charge in [0.1, 0.15) is 5.82 Å². The summed E-state index contributed by atoms with van der Waals surface area (Å²) in [5.41, 5.74) is 10.7. The van der Waals surface area contributed by atoms with Crippen LogP contribution in [0, 0.1) is 18.8 Å². The van der Waals surface area contributed by atoms with Gasteiger partial charge in [-0.2, -0.15) is 5.10 Å². The van der Waals surface area contributed by atoms with E-state index in [-0.39, 0.29) is 5.91 Å². The van der Waals surface area contributed by atoms with Crippen LogP contribution in [0.15, 0.2) is 55.0 Å². The average molecular weight is 462 g/mol. The molecule has 3 aromatic heterocycles. The van der Waals surface area contributed by atoms with Crippen LogP contribution in [-0.4, -0.2) is 20.7 Å². The summed E-state index contributed by atoms with van der Waals surface area (Å²) in [4.78, 5) is 17.9. The molecule has 0 aliphatic heterocycles. The molecule has 0 aliphatic rings. The number of pyridine rings is 1. The Balaban J connectivity index is 1.56. The standard InChI is InChI=1S/C24H20ClN5OS/c1-15-3-4-18(24(31)28-13-21-7-8-22(25)32-21)9-16(15)5-6-17-10-19(11-27-23(17)26)20-12-29-30(2)14-20/h3-4,7-12,14H,13H2,1-2H3,(H2,26,27)(H,28,31). The molecule has 0 bridgehead atoms. The summed E-state index contributed by atoms with van der Waals surface area (Å²) in [6.07, 6.45) is 5.37. The fraction of sp³-hybridized carbons (Fsp3) is 0.125. The van der Waals surface area contributed by atoms with Gasteiger partial charge in [-0.1, -0.05) is 29.5 Å². The number of rotatable bonds is 4. The number of carbonyl (C=O) groups is 1. The van der Waals surface area contributed by atoms with Gasteiger partial charge in [0.05, 0.1) is 22.6 Å². The molecule has 160 valence electrons. The highest BCUT2D eigenvalue weighted by molar-refractivity contribution is 7.16. The molecule has 4 aromatic rings. The Labute approximate surface area is 195 Å². The van der Waals surface area contributed by atoms with Crippen LogP contribution in [0.25, 0.3) is 11.1 Å². The van der Waals surface area contributed by atoms with Crippen LogP contribution in [0.1, 0.15) is 31.9 Å². The normalized spacial score (nSPS) is 10.5. The number of aryl methyl sites for hydroxylation is 2. The largest absolute Gasteiger partial charge is 0.383 e. The molecule has 0 unspecified atom stereocenters. The highest BCUT2D eigenvalue weighted by atomic mass is 35.5. The molecular formula is C24H20ClN5OS. The summed E-state index contributed by atoms with van der Waals surface area (Å²) >= 11 is 7.39. The highest BCUT2D eigenvalue weighted by Gasteiger charge is 2.09. The van der Waals surface area contributed by atoms with Crippen molar-refractivity contribution in [1.82, 2.24) is 20.1 Å². The highest BCUT2D eigenvalue weighted by Crippen LogP contribution is 2.22. The second-order valence-electron chi connectivity index (χ2n) is 7.23. The molecule has 0 saturated carbocycles. The number of benzene rings is 1. The first-order chi connectivity index (χ1) is 15.4. The maximum atomic E-state index is 12.6. The van der Waals surface area contributed by atoms with Gasteiger partial charge in [-0.25, -0.2) is 4.98 Å². The fourth-order valence-electron chi connectivity index (χ4n) is 3.05. The zero-order valence-electron chi connectivity index (χ0n) is 17.5. The van der Waals surface area contributed by atoms with Crippen molar-refractivity contribution in [2.45, 2.75) is 13.5 Å². The minimum Gasteiger partial charge on any atom is -0.383 e. The Hall–Kier alpha value is -3.60. The second-order valence-corrected chi connectivity index (χ2v) is 9.03. The third-order valence-corrected chi connectivity index (χ3v) is 6.07. The Morgan fingerprint density at radius 2 is 1.97 bits per heavy atom. The molecule has 0 fully saturated rings. The van der Waals surface area contributed by atoms with Gasteiger partial charge in [0.25, 0.3) is 5.91 Å². The molecule has 1 amide bonds. The van der Waals surface area contributed by atoms with Crippen molar-refractivity contribution in [3.63, 3.8) is 0 Å². The minimum absolute atomic E-state index is 0.169. The van der Waals surface area contributed by atoms with E-state index in [9.17, 15) is 4.79 Å². The van der Waals surface area contributed by atoms with Crippen LogP contribution >= 0.6 is 22.9 Å². The number of nitrogen functional groups attached to an aromatic ring is 1. The summed E-state index contributed by atoms with van der Waals surface area (Å²) < 4.78 is 2.42. The van der Waals surface area contributed by atoms with Crippen LogP contribution in [0.5, 0.6) is 0 Å². The van der Waals surface area contributed by atoms with Crippen LogP contribution < -0.4 is 11.1 Å². The molecule has 0 aliphatic carbocycles. The number of anilines is 1. The van der Waals surface area contributed by atoms with Crippen molar-refractivity contribution >= 4 is 34.7 Å². The fourth-order valence-corrected chi connectivity index (χ4v) is 4.08. The van der Waals surface area contributed by atoms with E-state index in [4.69, 9.17) is 17.3 Å². The number of nitrogens with one attached hydrogen (secondary N) is 1. The lowest BCUT2D eigenvalue weighted by atomic mass is 10.0. The Kier molecular flexibility index (Phi) is 6.26. The van der Waals surface area contributed by atoms with Crippen LogP contribution in [-0.2, 0) is 13.6 Å². The molecule has 0 atom stereocenters. The summed E-state index contributed by atoms with van der Waals surface area (Å²) in [5.74, 6) is 6.43. The summed E-state index contributed by atoms with van der Waals surface area (Å²) in [7, 11) is 1.86. The lowest BCUT2D eigenvalue weighted by molar-refractivity contribution is 0.0951. The molecule has 3 heterocycles. The van der Waals surface area contributed by atoms with Gasteiger partial charge in [0, 0.05) is 46.6 Å². The number of hydrogen-bond acceptors (Lipinski definition) is 5. The van der Waals surface area contributed by atoms with Gasteiger partial charge in [0.2, 0.25) is 0 Å². The maximum Gasteiger partial charge on any atom is 0.251 e. The van der Waals surface area contributed by atoms with Crippen LogP contribution in [0.3, 0.4) is 0 Å². The van der Waals surface area contributed by atoms with Crippen molar-refractivity contribution in [2.75, 3.05) is 5.73 Å². The van der Waals surface area contributed by atoms with E-state index in [2.05, 4.69) is 27.2 Å². The zero-order valence-corrected chi connectivity index (χ0v) is 19.1. The number of thiophene rings is 1. The number of hydrogen-bond donors (Lipinski definition) is 2. The molecule has 6 nitrogen and oxygen atoms in total. The number of nitrogens with zero attached hydrogens (tertiary/aromatic N) is 3. The van der Waals surface area contributed by atoms with Crippen molar-refractivity contribution < 1.29 is 4.79 Å². The predicted octanol–water partition coefficient (Wildman–Crippen LogP) is 4.42. The Morgan fingerprint density at radius 1 is 1.16 bits per heavy atom. The van der Waals surface area contributed by atoms with Gasteiger partial charge >= 0.3 is 0 Å². The minimum atomic E-state index is -0.169. The molecule has 32 heavy (non-hydrogen) atoms. The van der Waals surface area contributed by atoms with E-state index < -0.39 is 0 Å². The number of nitrogens with two attached hydrogens (primary N) is 1. The van der Waals surface area contributed by atoms with E-state index in [0.717, 1.165) is 27.1 Å². The van der Waals surface area contributed by atoms with Crippen molar-refractivity contribution in [3.8, 4) is 23.0 Å². The van der Waals surface area contributed by atoms with Crippen LogP contribution in [0.4, 0.5) is 5.82 Å². The topological polar surface area (TPSA) is 85.8 Å². The first kappa shape index (κ1) is 21.6. The second kappa shape index (κ2) is 9.27. The number of amides is 1. The third kappa shape index (κ3) is 4.99. The van der Waals surface area contributed by atoms with Crippen molar-refractivity contribution in [2.24, 2.45) is 7.05 Å². The van der Waals surface area contributed by atoms with E-state index in [1.54, 1.807) is 29.2 Å². The Bertz CT molecular complexity index is 1360. The summed E-state index contributed by atoms with van der Waals surface area (Å²) in [6.45, 7) is 2.38. The molecule has 1 aromatic carbocycles. The van der Waals surface area contributed by atoms with Crippen molar-refractivity contribution in [1.29, 1.82) is 0 Å². The SMILES string of the molecule is Cc1ccc(C(=O)NCc2ccc(Cl)s2)cc1C#Cc1cc(-c2cnn(C)c2)cnc1N. The molecule has 4 rings (SSSR count). The van der Waals surface area contributed by atoms with Crippen LogP contribution in [0.2, 0.25) is 4.34 Å². The molecule has 3 N–H and O–H groups in total.